The van der Waals surface area contributed by atoms with Gasteiger partial charge in [-0.2, -0.15) is 0 Å². The minimum atomic E-state index is -0.473. The summed E-state index contributed by atoms with van der Waals surface area (Å²) in [6, 6.07) is 15.4. The number of ether oxygens (including phenoxy) is 1. The number of carbonyl (C=O) groups is 3. The summed E-state index contributed by atoms with van der Waals surface area (Å²) in [6.45, 7) is 9.73. The van der Waals surface area contributed by atoms with Crippen molar-refractivity contribution in [3.05, 3.63) is 93.2 Å². The van der Waals surface area contributed by atoms with E-state index in [9.17, 15) is 14.4 Å². The van der Waals surface area contributed by atoms with E-state index < -0.39 is 12.0 Å². The SMILES string of the molecule is CC(=O)N1CCN(C(=O)CC2=CSC3=NC(C)=C(C(=O)OCc4ccccc4)[C@@H](c4cc(C)ccc4C)N23)CC1. The fourth-order valence-electron chi connectivity index (χ4n) is 5.32. The van der Waals surface area contributed by atoms with Crippen molar-refractivity contribution in [2.45, 2.75) is 46.8 Å². The van der Waals surface area contributed by atoms with Crippen molar-refractivity contribution < 1.29 is 19.1 Å². The minimum Gasteiger partial charge on any atom is -0.457 e. The van der Waals surface area contributed by atoms with Crippen LogP contribution in [0.5, 0.6) is 0 Å². The lowest BCUT2D eigenvalue weighted by Crippen LogP contribution is -2.50. The molecule has 1 atom stereocenters. The molecule has 8 nitrogen and oxygen atoms in total. The highest BCUT2D eigenvalue weighted by molar-refractivity contribution is 8.16. The molecule has 0 spiro atoms. The first-order valence-electron chi connectivity index (χ1n) is 13.5. The highest BCUT2D eigenvalue weighted by Gasteiger charge is 2.42. The number of rotatable bonds is 6. The highest BCUT2D eigenvalue weighted by Crippen LogP contribution is 2.46. The summed E-state index contributed by atoms with van der Waals surface area (Å²) in [5, 5.41) is 2.71. The topological polar surface area (TPSA) is 82.5 Å². The van der Waals surface area contributed by atoms with Crippen molar-refractivity contribution in [2.24, 2.45) is 4.99 Å². The van der Waals surface area contributed by atoms with Crippen LogP contribution in [0.2, 0.25) is 0 Å². The summed E-state index contributed by atoms with van der Waals surface area (Å²) in [6.07, 6.45) is 0.179. The van der Waals surface area contributed by atoms with Gasteiger partial charge in [0.05, 0.1) is 23.7 Å². The number of fused-ring (bicyclic) bond motifs is 1. The lowest BCUT2D eigenvalue weighted by molar-refractivity contribution is -0.141. The third-order valence-corrected chi connectivity index (χ3v) is 8.46. The number of carbonyl (C=O) groups excluding carboxylic acids is 3. The summed E-state index contributed by atoms with van der Waals surface area (Å²) >= 11 is 1.47. The molecule has 1 fully saturated rings. The number of nitrogens with zero attached hydrogens (tertiary/aromatic N) is 4. The molecule has 208 valence electrons. The number of esters is 1. The fourth-order valence-corrected chi connectivity index (χ4v) is 6.28. The van der Waals surface area contributed by atoms with E-state index in [0.717, 1.165) is 33.1 Å². The predicted octanol–water partition coefficient (Wildman–Crippen LogP) is 4.70. The van der Waals surface area contributed by atoms with E-state index in [0.29, 0.717) is 37.4 Å². The average molecular weight is 559 g/mol. The third kappa shape index (κ3) is 5.70. The van der Waals surface area contributed by atoms with E-state index in [1.807, 2.05) is 66.3 Å². The molecular formula is C31H34N4O4S. The van der Waals surface area contributed by atoms with Crippen molar-refractivity contribution in [1.82, 2.24) is 14.7 Å². The molecule has 0 unspecified atom stereocenters. The van der Waals surface area contributed by atoms with Crippen LogP contribution in [0, 0.1) is 13.8 Å². The number of allylic oxidation sites excluding steroid dienone is 1. The normalized spacial score (nSPS) is 18.8. The Labute approximate surface area is 239 Å². The van der Waals surface area contributed by atoms with Crippen molar-refractivity contribution >= 4 is 34.7 Å². The second-order valence-electron chi connectivity index (χ2n) is 10.4. The van der Waals surface area contributed by atoms with Crippen molar-refractivity contribution in [3.8, 4) is 0 Å². The van der Waals surface area contributed by atoms with Gasteiger partial charge in [-0.1, -0.05) is 65.9 Å². The molecule has 2 aromatic rings. The molecular weight excluding hydrogens is 524 g/mol. The van der Waals surface area contributed by atoms with Crippen LogP contribution in [0.4, 0.5) is 0 Å². The molecule has 0 aromatic heterocycles. The maximum Gasteiger partial charge on any atom is 0.338 e. The van der Waals surface area contributed by atoms with Gasteiger partial charge < -0.3 is 19.4 Å². The number of aliphatic imine (C=N–C) groups is 1. The summed E-state index contributed by atoms with van der Waals surface area (Å²) in [5.41, 5.74) is 5.90. The van der Waals surface area contributed by atoms with Gasteiger partial charge in [0, 0.05) is 38.8 Å². The van der Waals surface area contributed by atoms with Crippen LogP contribution in [0.1, 0.15) is 48.6 Å². The summed E-state index contributed by atoms with van der Waals surface area (Å²) in [5.74, 6) is -0.394. The molecule has 0 saturated carbocycles. The van der Waals surface area contributed by atoms with E-state index in [1.165, 1.54) is 11.8 Å². The van der Waals surface area contributed by atoms with Crippen LogP contribution in [-0.4, -0.2) is 63.8 Å². The second kappa shape index (κ2) is 11.7. The first-order chi connectivity index (χ1) is 19.2. The number of thioether (sulfide) groups is 1. The molecule has 2 aromatic carbocycles. The highest BCUT2D eigenvalue weighted by atomic mass is 32.2. The monoisotopic (exact) mass is 558 g/mol. The van der Waals surface area contributed by atoms with Gasteiger partial charge in [0.15, 0.2) is 5.17 Å². The Morgan fingerprint density at radius 2 is 1.68 bits per heavy atom. The van der Waals surface area contributed by atoms with Gasteiger partial charge in [-0.15, -0.1) is 0 Å². The van der Waals surface area contributed by atoms with Crippen molar-refractivity contribution in [2.75, 3.05) is 26.2 Å². The number of aryl methyl sites for hydroxylation is 2. The zero-order valence-electron chi connectivity index (χ0n) is 23.3. The average Bonchev–Trinajstić information content (AvgIpc) is 3.34. The number of amidine groups is 1. The lowest BCUT2D eigenvalue weighted by Gasteiger charge is -2.38. The van der Waals surface area contributed by atoms with Gasteiger partial charge in [0.25, 0.3) is 0 Å². The summed E-state index contributed by atoms with van der Waals surface area (Å²) in [4.78, 5) is 49.2. The smallest absolute Gasteiger partial charge is 0.338 e. The predicted molar refractivity (Wildman–Crippen MR) is 156 cm³/mol. The van der Waals surface area contributed by atoms with E-state index >= 15 is 0 Å². The molecule has 3 aliphatic heterocycles. The molecule has 0 bridgehead atoms. The molecule has 0 N–H and O–H groups in total. The molecule has 2 amide bonds. The maximum atomic E-state index is 13.7. The minimum absolute atomic E-state index is 0.00417. The van der Waals surface area contributed by atoms with E-state index in [1.54, 1.807) is 11.8 Å². The van der Waals surface area contributed by atoms with Crippen molar-refractivity contribution in [3.63, 3.8) is 0 Å². The summed E-state index contributed by atoms with van der Waals surface area (Å²) < 4.78 is 5.82. The first kappa shape index (κ1) is 27.7. The van der Waals surface area contributed by atoms with Crippen LogP contribution in [0.25, 0.3) is 0 Å². The maximum absolute atomic E-state index is 13.7. The van der Waals surface area contributed by atoms with Gasteiger partial charge in [0.2, 0.25) is 11.8 Å². The van der Waals surface area contributed by atoms with Gasteiger partial charge in [0.1, 0.15) is 6.61 Å². The van der Waals surface area contributed by atoms with E-state index in [2.05, 4.69) is 18.2 Å². The Morgan fingerprint density at radius 1 is 0.975 bits per heavy atom. The molecule has 5 rings (SSSR count). The summed E-state index contributed by atoms with van der Waals surface area (Å²) in [7, 11) is 0. The molecule has 3 aliphatic rings. The number of piperazine rings is 1. The van der Waals surface area contributed by atoms with E-state index in [4.69, 9.17) is 9.73 Å². The van der Waals surface area contributed by atoms with Crippen LogP contribution in [0.3, 0.4) is 0 Å². The molecule has 0 radical (unpaired) electrons. The van der Waals surface area contributed by atoms with Crippen molar-refractivity contribution in [1.29, 1.82) is 0 Å². The molecule has 3 heterocycles. The molecule has 9 heteroatoms. The van der Waals surface area contributed by atoms with Gasteiger partial charge in [-0.25, -0.2) is 9.79 Å². The molecule has 1 saturated heterocycles. The molecule has 40 heavy (non-hydrogen) atoms. The van der Waals surface area contributed by atoms with E-state index in [-0.39, 0.29) is 24.8 Å². The van der Waals surface area contributed by atoms with Gasteiger partial charge >= 0.3 is 5.97 Å². The molecule has 0 aliphatic carbocycles. The Hall–Kier alpha value is -3.85. The Balaban J connectivity index is 1.43. The zero-order chi connectivity index (χ0) is 28.4. The number of hydrogen-bond acceptors (Lipinski definition) is 7. The first-order valence-corrected chi connectivity index (χ1v) is 14.4. The Bertz CT molecular complexity index is 1420. The van der Waals surface area contributed by atoms with Crippen LogP contribution in [0.15, 0.2) is 75.9 Å². The number of amides is 2. The zero-order valence-corrected chi connectivity index (χ0v) is 24.2. The van der Waals surface area contributed by atoms with Crippen LogP contribution in [-0.2, 0) is 25.7 Å². The third-order valence-electron chi connectivity index (χ3n) is 7.57. The lowest BCUT2D eigenvalue weighted by atomic mass is 9.90. The Morgan fingerprint density at radius 3 is 2.38 bits per heavy atom. The van der Waals surface area contributed by atoms with Crippen LogP contribution < -0.4 is 0 Å². The standard InChI is InChI=1S/C31H34N4O4S/c1-20-10-11-21(2)26(16-20)29-28(30(38)39-18-24-8-6-5-7-9-24)22(3)32-31-35(29)25(19-40-31)17-27(37)34-14-12-33(13-15-34)23(4)36/h5-11,16,19,29H,12-15,17-18H2,1-4H3/t29-/m1/s1. The van der Waals surface area contributed by atoms with Gasteiger partial charge in [-0.05, 0) is 42.9 Å². The largest absolute Gasteiger partial charge is 0.457 e. The fraction of sp³-hybridized carbons (Fsp3) is 0.355. The Kier molecular flexibility index (Phi) is 8.12. The number of benzene rings is 2. The number of hydrogen-bond donors (Lipinski definition) is 0. The van der Waals surface area contributed by atoms with Crippen LogP contribution >= 0.6 is 11.8 Å². The second-order valence-corrected chi connectivity index (χ2v) is 11.2. The quantitative estimate of drug-likeness (QED) is 0.478. The van der Waals surface area contributed by atoms with Gasteiger partial charge in [-0.3, -0.25) is 9.59 Å².